The zero-order chi connectivity index (χ0) is 33.2. The van der Waals surface area contributed by atoms with Crippen LogP contribution in [0.4, 0.5) is 0 Å². The van der Waals surface area contributed by atoms with E-state index in [9.17, 15) is 0 Å². The van der Waals surface area contributed by atoms with Gasteiger partial charge in [0.2, 0.25) is 0 Å². The molecule has 0 bridgehead atoms. The van der Waals surface area contributed by atoms with E-state index in [2.05, 4.69) is 168 Å². The quantitative estimate of drug-likeness (QED) is 0.168. The summed E-state index contributed by atoms with van der Waals surface area (Å²) in [5.74, 6) is 0. The van der Waals surface area contributed by atoms with Crippen LogP contribution >= 0.6 is 11.3 Å². The van der Waals surface area contributed by atoms with Crippen molar-refractivity contribution in [1.82, 2.24) is 4.57 Å². The number of thiophene rings is 1. The average molecular weight is 666 g/mol. The van der Waals surface area contributed by atoms with Gasteiger partial charge in [-0.3, -0.25) is 0 Å². The van der Waals surface area contributed by atoms with Crippen LogP contribution in [0.15, 0.2) is 168 Å². The lowest BCUT2D eigenvalue weighted by atomic mass is 9.89. The lowest BCUT2D eigenvalue weighted by molar-refractivity contribution is 0.671. The number of nitrogens with zero attached hydrogens (tertiary/aromatic N) is 1. The Kier molecular flexibility index (Phi) is 5.41. The van der Waals surface area contributed by atoms with Crippen LogP contribution in [-0.2, 0) is 0 Å². The molecule has 0 saturated heterocycles. The molecule has 12 aromatic rings. The molecule has 0 radical (unpaired) electrons. The molecule has 0 fully saturated rings. The van der Waals surface area contributed by atoms with Gasteiger partial charge in [0.05, 0.1) is 11.0 Å². The number of rotatable bonds is 2. The van der Waals surface area contributed by atoms with Crippen LogP contribution in [0.3, 0.4) is 0 Å². The molecule has 0 unspecified atom stereocenters. The summed E-state index contributed by atoms with van der Waals surface area (Å²) in [6.07, 6.45) is 0. The molecule has 236 valence electrons. The number of aromatic nitrogens is 1. The first-order valence-corrected chi connectivity index (χ1v) is 18.2. The van der Waals surface area contributed by atoms with Crippen LogP contribution in [0.2, 0.25) is 0 Å². The Bertz CT molecular complexity index is 3430. The zero-order valence-electron chi connectivity index (χ0n) is 27.4. The summed E-state index contributed by atoms with van der Waals surface area (Å²) in [5, 5.41) is 15.0. The highest BCUT2D eigenvalue weighted by atomic mass is 32.1. The SMILES string of the molecule is c1cc(-c2ccc3c(c2)sc2ccccc23)cc(-n2c3ccccc3c3c4c5ccccc5c5ccccc5c4c4c5ccccc5oc4c32)c1. The van der Waals surface area contributed by atoms with E-state index in [4.69, 9.17) is 4.42 Å². The van der Waals surface area contributed by atoms with E-state index in [1.54, 1.807) is 0 Å². The molecule has 0 amide bonds. The second-order valence-corrected chi connectivity index (χ2v) is 14.7. The number of para-hydroxylation sites is 2. The second kappa shape index (κ2) is 10.1. The fourth-order valence-corrected chi connectivity index (χ4v) is 9.97. The van der Waals surface area contributed by atoms with E-state index in [1.807, 2.05) is 11.3 Å². The largest absolute Gasteiger partial charge is 0.454 e. The normalized spacial score (nSPS) is 12.3. The molecular weight excluding hydrogens is 639 g/mol. The monoisotopic (exact) mass is 665 g/mol. The Balaban J connectivity index is 1.26. The highest BCUT2D eigenvalue weighted by molar-refractivity contribution is 7.25. The molecule has 3 heteroatoms. The Labute approximate surface area is 296 Å². The second-order valence-electron chi connectivity index (χ2n) is 13.6. The standard InChI is InChI=1S/C48H27NOS/c1-3-17-35-31(14-1)32-15-2-4-18-36(32)44-43(35)45-37-19-5-8-21-39(37)49(47(45)48-46(44)38-20-6-9-22-40(38)50-48)30-13-11-12-28(26-30)29-24-25-34-33-16-7-10-23-41(33)51-42(34)27-29/h1-27H. The first-order chi connectivity index (χ1) is 25.3. The first kappa shape index (κ1) is 27.4. The van der Waals surface area contributed by atoms with Gasteiger partial charge in [-0.05, 0) is 69.1 Å². The van der Waals surface area contributed by atoms with Crippen molar-refractivity contribution in [3.05, 3.63) is 164 Å². The number of benzene rings is 9. The van der Waals surface area contributed by atoms with Crippen molar-refractivity contribution in [2.75, 3.05) is 0 Å². The average Bonchev–Trinajstić information content (AvgIpc) is 3.87. The molecular formula is C48H27NOS. The highest BCUT2D eigenvalue weighted by Crippen LogP contribution is 2.50. The summed E-state index contributed by atoms with van der Waals surface area (Å²) in [7, 11) is 0. The third kappa shape index (κ3) is 3.65. The summed E-state index contributed by atoms with van der Waals surface area (Å²) in [6, 6.07) is 59.8. The van der Waals surface area contributed by atoms with E-state index in [0.717, 1.165) is 33.3 Å². The van der Waals surface area contributed by atoms with Gasteiger partial charge in [-0.25, -0.2) is 0 Å². The van der Waals surface area contributed by atoms with Gasteiger partial charge >= 0.3 is 0 Å². The van der Waals surface area contributed by atoms with Gasteiger partial charge in [-0.15, -0.1) is 11.3 Å². The van der Waals surface area contributed by atoms with Crippen molar-refractivity contribution in [2.24, 2.45) is 0 Å². The van der Waals surface area contributed by atoms with Gasteiger partial charge in [0, 0.05) is 58.2 Å². The molecule has 0 saturated carbocycles. The number of furan rings is 1. The molecule has 0 aliphatic carbocycles. The van der Waals surface area contributed by atoms with E-state index in [1.165, 1.54) is 79.8 Å². The van der Waals surface area contributed by atoms with Gasteiger partial charge in [-0.2, -0.15) is 0 Å². The molecule has 0 N–H and O–H groups in total. The van der Waals surface area contributed by atoms with Crippen LogP contribution in [-0.4, -0.2) is 4.57 Å². The van der Waals surface area contributed by atoms with E-state index < -0.39 is 0 Å². The maximum atomic E-state index is 7.00. The summed E-state index contributed by atoms with van der Waals surface area (Å²) in [6.45, 7) is 0. The predicted molar refractivity (Wildman–Crippen MR) is 219 cm³/mol. The van der Waals surface area contributed by atoms with Crippen molar-refractivity contribution in [3.8, 4) is 16.8 Å². The molecule has 0 aliphatic heterocycles. The Morgan fingerprint density at radius 1 is 0.392 bits per heavy atom. The fraction of sp³-hybridized carbons (Fsp3) is 0. The van der Waals surface area contributed by atoms with Gasteiger partial charge < -0.3 is 8.98 Å². The minimum Gasteiger partial charge on any atom is -0.454 e. The van der Waals surface area contributed by atoms with Crippen molar-refractivity contribution in [3.63, 3.8) is 0 Å². The Hall–Kier alpha value is -6.42. The molecule has 12 rings (SSSR count). The van der Waals surface area contributed by atoms with E-state index >= 15 is 0 Å². The third-order valence-corrected chi connectivity index (χ3v) is 12.1. The van der Waals surface area contributed by atoms with Crippen molar-refractivity contribution in [2.45, 2.75) is 0 Å². The minimum absolute atomic E-state index is 0.903. The van der Waals surface area contributed by atoms with Gasteiger partial charge in [-0.1, -0.05) is 127 Å². The summed E-state index contributed by atoms with van der Waals surface area (Å²) in [4.78, 5) is 0. The fourth-order valence-electron chi connectivity index (χ4n) is 8.83. The number of hydrogen-bond acceptors (Lipinski definition) is 2. The summed E-state index contributed by atoms with van der Waals surface area (Å²) >= 11 is 1.86. The number of hydrogen-bond donors (Lipinski definition) is 0. The first-order valence-electron chi connectivity index (χ1n) is 17.4. The van der Waals surface area contributed by atoms with Crippen LogP contribution in [0.5, 0.6) is 0 Å². The van der Waals surface area contributed by atoms with Gasteiger partial charge in [0.1, 0.15) is 5.58 Å². The van der Waals surface area contributed by atoms with Gasteiger partial charge in [0.15, 0.2) is 5.58 Å². The van der Waals surface area contributed by atoms with Crippen molar-refractivity contribution in [1.29, 1.82) is 0 Å². The van der Waals surface area contributed by atoms with Crippen LogP contribution in [0, 0.1) is 0 Å². The summed E-state index contributed by atoms with van der Waals surface area (Å²) in [5.41, 5.74) is 7.61. The molecule has 3 heterocycles. The van der Waals surface area contributed by atoms with Crippen molar-refractivity contribution >= 4 is 108 Å². The summed E-state index contributed by atoms with van der Waals surface area (Å²) < 4.78 is 12.1. The lowest BCUT2D eigenvalue weighted by Gasteiger charge is -2.14. The Morgan fingerprint density at radius 3 is 1.80 bits per heavy atom. The molecule has 0 aliphatic rings. The molecule has 2 nitrogen and oxygen atoms in total. The Morgan fingerprint density at radius 2 is 1.00 bits per heavy atom. The van der Waals surface area contributed by atoms with Crippen LogP contribution in [0.25, 0.3) is 113 Å². The topological polar surface area (TPSA) is 18.1 Å². The lowest BCUT2D eigenvalue weighted by Crippen LogP contribution is -1.95. The zero-order valence-corrected chi connectivity index (χ0v) is 28.2. The van der Waals surface area contributed by atoms with E-state index in [-0.39, 0.29) is 0 Å². The molecule has 9 aromatic carbocycles. The third-order valence-electron chi connectivity index (χ3n) is 10.9. The molecule has 0 spiro atoms. The maximum absolute atomic E-state index is 7.00. The van der Waals surface area contributed by atoms with Crippen molar-refractivity contribution < 1.29 is 4.42 Å². The molecule has 51 heavy (non-hydrogen) atoms. The van der Waals surface area contributed by atoms with Crippen LogP contribution in [0.1, 0.15) is 0 Å². The number of fused-ring (bicyclic) bond motifs is 18. The maximum Gasteiger partial charge on any atom is 0.160 e. The predicted octanol–water partition coefficient (Wildman–Crippen LogP) is 14.2. The highest BCUT2D eigenvalue weighted by Gasteiger charge is 2.25. The van der Waals surface area contributed by atoms with E-state index in [0.29, 0.717) is 0 Å². The minimum atomic E-state index is 0.903. The smallest absolute Gasteiger partial charge is 0.160 e. The van der Waals surface area contributed by atoms with Gasteiger partial charge in [0.25, 0.3) is 0 Å². The van der Waals surface area contributed by atoms with Crippen LogP contribution < -0.4 is 0 Å². The molecule has 0 atom stereocenters. The molecule has 3 aromatic heterocycles.